The molecule has 6 nitrogen and oxygen atoms in total. The highest BCUT2D eigenvalue weighted by molar-refractivity contribution is 7.13. The van der Waals surface area contributed by atoms with Crippen molar-refractivity contribution in [3.05, 3.63) is 70.7 Å². The Morgan fingerprint density at radius 3 is 2.38 bits per heavy atom. The van der Waals surface area contributed by atoms with E-state index in [2.05, 4.69) is 34.6 Å². The molecule has 1 amide bonds. The van der Waals surface area contributed by atoms with Crippen LogP contribution < -0.4 is 5.32 Å². The number of nitrogens with one attached hydrogen (secondary N) is 1. The minimum Gasteiger partial charge on any atom is -0.481 e. The number of aliphatic carboxylic acids is 1. The normalized spacial score (nSPS) is 19.3. The van der Waals surface area contributed by atoms with E-state index < -0.39 is 12.1 Å². The Hall–Kier alpha value is -3.19. The Morgan fingerprint density at radius 1 is 1.10 bits per heavy atom. The maximum Gasteiger partial charge on any atom is 0.413 e. The van der Waals surface area contributed by atoms with Crippen LogP contribution in [-0.2, 0) is 9.53 Å². The van der Waals surface area contributed by atoms with Crippen LogP contribution in [0.4, 0.5) is 9.93 Å². The summed E-state index contributed by atoms with van der Waals surface area (Å²) in [5, 5.41) is 13.9. The van der Waals surface area contributed by atoms with Gasteiger partial charge in [0, 0.05) is 17.2 Å². The molecule has 1 saturated carbocycles. The molecule has 3 aromatic rings. The summed E-state index contributed by atoms with van der Waals surface area (Å²) in [6, 6.07) is 16.3. The van der Waals surface area contributed by atoms with Gasteiger partial charge in [-0.15, -0.1) is 11.3 Å². The maximum atomic E-state index is 12.3. The highest BCUT2D eigenvalue weighted by Crippen LogP contribution is 2.48. The summed E-state index contributed by atoms with van der Waals surface area (Å²) in [4.78, 5) is 27.6. The minimum atomic E-state index is -0.797. The van der Waals surface area contributed by atoms with Crippen molar-refractivity contribution in [1.82, 2.24) is 4.98 Å². The molecule has 29 heavy (non-hydrogen) atoms. The van der Waals surface area contributed by atoms with Gasteiger partial charge in [0.25, 0.3) is 0 Å². The number of nitrogens with zero attached hydrogens (tertiary/aromatic N) is 1. The second kappa shape index (κ2) is 7.00. The first-order valence-electron chi connectivity index (χ1n) is 9.42. The van der Waals surface area contributed by atoms with Crippen molar-refractivity contribution in [3.8, 4) is 11.1 Å². The van der Waals surface area contributed by atoms with Crippen LogP contribution in [0.25, 0.3) is 11.1 Å². The second-order valence-corrected chi connectivity index (χ2v) is 8.17. The molecule has 0 spiro atoms. The third-order valence-electron chi connectivity index (χ3n) is 5.56. The molecule has 2 aliphatic carbocycles. The van der Waals surface area contributed by atoms with Crippen LogP contribution in [0.15, 0.2) is 53.9 Å². The molecule has 7 heteroatoms. The van der Waals surface area contributed by atoms with Crippen LogP contribution in [-0.4, -0.2) is 28.8 Å². The number of rotatable bonds is 5. The zero-order chi connectivity index (χ0) is 20.0. The molecule has 0 radical (unpaired) electrons. The van der Waals surface area contributed by atoms with Crippen molar-refractivity contribution in [2.75, 3.05) is 11.9 Å². The number of benzene rings is 2. The topological polar surface area (TPSA) is 88.5 Å². The van der Waals surface area contributed by atoms with E-state index in [0.717, 1.165) is 16.8 Å². The number of carbonyl (C=O) groups is 2. The van der Waals surface area contributed by atoms with E-state index in [9.17, 15) is 9.59 Å². The van der Waals surface area contributed by atoms with Gasteiger partial charge in [0.2, 0.25) is 0 Å². The van der Waals surface area contributed by atoms with E-state index in [4.69, 9.17) is 9.84 Å². The number of carboxylic acid groups (broad SMARTS) is 1. The molecule has 2 N–H and O–H groups in total. The number of hydrogen-bond acceptors (Lipinski definition) is 5. The third-order valence-corrected chi connectivity index (χ3v) is 6.34. The number of aromatic nitrogens is 1. The zero-order valence-electron chi connectivity index (χ0n) is 15.4. The van der Waals surface area contributed by atoms with E-state index in [1.54, 1.807) is 5.38 Å². The van der Waals surface area contributed by atoms with Crippen molar-refractivity contribution < 1.29 is 19.4 Å². The lowest BCUT2D eigenvalue weighted by molar-refractivity contribution is -0.138. The number of carbonyl (C=O) groups excluding carboxylic acids is 1. The van der Waals surface area contributed by atoms with Crippen molar-refractivity contribution >= 4 is 28.5 Å². The van der Waals surface area contributed by atoms with Crippen LogP contribution in [0.3, 0.4) is 0 Å². The smallest absolute Gasteiger partial charge is 0.413 e. The Morgan fingerprint density at radius 2 is 1.76 bits per heavy atom. The van der Waals surface area contributed by atoms with Gasteiger partial charge in [-0.05, 0) is 28.7 Å². The van der Waals surface area contributed by atoms with Gasteiger partial charge in [-0.3, -0.25) is 10.1 Å². The molecule has 0 unspecified atom stereocenters. The van der Waals surface area contributed by atoms with Crippen LogP contribution in [0, 0.1) is 5.92 Å². The maximum absolute atomic E-state index is 12.3. The third kappa shape index (κ3) is 3.27. The van der Waals surface area contributed by atoms with Crippen LogP contribution in [0.2, 0.25) is 0 Å². The van der Waals surface area contributed by atoms with Gasteiger partial charge in [0.05, 0.1) is 11.6 Å². The van der Waals surface area contributed by atoms with E-state index >= 15 is 0 Å². The largest absolute Gasteiger partial charge is 0.481 e. The molecule has 0 aliphatic heterocycles. The molecule has 0 saturated heterocycles. The predicted octanol–water partition coefficient (Wildman–Crippen LogP) is 4.69. The number of carboxylic acids is 1. The fourth-order valence-electron chi connectivity index (χ4n) is 4.03. The Bertz CT molecular complexity index is 1060. The number of fused-ring (bicyclic) bond motifs is 3. The van der Waals surface area contributed by atoms with E-state index in [-0.39, 0.29) is 24.4 Å². The van der Waals surface area contributed by atoms with Crippen molar-refractivity contribution in [2.45, 2.75) is 18.3 Å². The molecule has 1 heterocycles. The molecule has 146 valence electrons. The second-order valence-electron chi connectivity index (χ2n) is 7.31. The van der Waals surface area contributed by atoms with Gasteiger partial charge in [-0.2, -0.15) is 0 Å². The summed E-state index contributed by atoms with van der Waals surface area (Å²) in [7, 11) is 0. The number of ether oxygens (including phenoxy) is 1. The average Bonchev–Trinajstić information content (AvgIpc) is 3.30. The van der Waals surface area contributed by atoms with E-state index in [0.29, 0.717) is 11.6 Å². The zero-order valence-corrected chi connectivity index (χ0v) is 16.2. The molecule has 1 aromatic heterocycles. The first kappa shape index (κ1) is 17.9. The van der Waals surface area contributed by atoms with Crippen molar-refractivity contribution in [3.63, 3.8) is 0 Å². The summed E-state index contributed by atoms with van der Waals surface area (Å²) in [5.41, 5.74) is 5.40. The van der Waals surface area contributed by atoms with Gasteiger partial charge in [0.15, 0.2) is 5.13 Å². The molecular weight excluding hydrogens is 388 g/mol. The van der Waals surface area contributed by atoms with Crippen LogP contribution in [0.1, 0.15) is 35.1 Å². The van der Waals surface area contributed by atoms with Gasteiger partial charge in [0.1, 0.15) is 6.61 Å². The highest BCUT2D eigenvalue weighted by Gasteiger charge is 2.45. The quantitative estimate of drug-likeness (QED) is 0.642. The minimum absolute atomic E-state index is 0.00259. The Balaban J connectivity index is 1.24. The molecule has 2 atom stereocenters. The Kier molecular flexibility index (Phi) is 4.32. The average molecular weight is 406 g/mol. The van der Waals surface area contributed by atoms with E-state index in [1.165, 1.54) is 22.5 Å². The molecule has 5 rings (SSSR count). The summed E-state index contributed by atoms with van der Waals surface area (Å²) >= 11 is 1.28. The lowest BCUT2D eigenvalue weighted by Gasteiger charge is -2.14. The molecule has 2 aromatic carbocycles. The summed E-state index contributed by atoms with van der Waals surface area (Å²) in [5.74, 6) is -1.21. The standard InChI is InChI=1S/C22H18N2O4S/c25-20(26)17-9-16(17)19-11-29-21(23-19)24-22(27)28-10-18-14-7-3-1-5-12(14)13-6-2-4-8-15(13)18/h1-8,11,16-18H,9-10H2,(H,25,26)(H,23,24,27)/t16-,17+/m0/s1. The summed E-state index contributed by atoms with van der Waals surface area (Å²) in [6.07, 6.45) is 0.0436. The lowest BCUT2D eigenvalue weighted by Crippen LogP contribution is -2.17. The van der Waals surface area contributed by atoms with Gasteiger partial charge < -0.3 is 9.84 Å². The molecule has 1 fully saturated rings. The van der Waals surface area contributed by atoms with E-state index in [1.807, 2.05) is 24.3 Å². The summed E-state index contributed by atoms with van der Waals surface area (Å²) in [6.45, 7) is 0.238. The molecule has 0 bridgehead atoms. The number of hydrogen-bond donors (Lipinski definition) is 2. The SMILES string of the molecule is O=C(Nc1nc([C@H]2C[C@H]2C(=O)O)cs1)OCC1c2ccccc2-c2ccccc21. The number of amides is 1. The van der Waals surface area contributed by atoms with Gasteiger partial charge >= 0.3 is 12.1 Å². The fraction of sp³-hybridized carbons (Fsp3) is 0.227. The van der Waals surface area contributed by atoms with Crippen molar-refractivity contribution in [1.29, 1.82) is 0 Å². The lowest BCUT2D eigenvalue weighted by atomic mass is 9.98. The van der Waals surface area contributed by atoms with Crippen LogP contribution >= 0.6 is 11.3 Å². The summed E-state index contributed by atoms with van der Waals surface area (Å²) < 4.78 is 5.51. The number of anilines is 1. The monoisotopic (exact) mass is 406 g/mol. The first-order valence-corrected chi connectivity index (χ1v) is 10.3. The molecule has 2 aliphatic rings. The Labute approximate surface area is 171 Å². The number of thiazole rings is 1. The van der Waals surface area contributed by atoms with Crippen LogP contribution in [0.5, 0.6) is 0 Å². The molecular formula is C22H18N2O4S. The predicted molar refractivity (Wildman–Crippen MR) is 109 cm³/mol. The van der Waals surface area contributed by atoms with Gasteiger partial charge in [-0.1, -0.05) is 48.5 Å². The fourth-order valence-corrected chi connectivity index (χ4v) is 4.79. The van der Waals surface area contributed by atoms with Crippen molar-refractivity contribution in [2.24, 2.45) is 5.92 Å². The first-order chi connectivity index (χ1) is 14.1. The highest BCUT2D eigenvalue weighted by atomic mass is 32.1. The van der Waals surface area contributed by atoms with Gasteiger partial charge in [-0.25, -0.2) is 9.78 Å².